The van der Waals surface area contributed by atoms with Crippen LogP contribution in [0.5, 0.6) is 0 Å². The lowest BCUT2D eigenvalue weighted by molar-refractivity contribution is 0.244. The zero-order chi connectivity index (χ0) is 14.6. The second kappa shape index (κ2) is 6.26. The molecule has 0 unspecified atom stereocenters. The number of rotatable bonds is 3. The van der Waals surface area contributed by atoms with Gasteiger partial charge in [0.05, 0.1) is 10.6 Å². The highest BCUT2D eigenvalue weighted by Crippen LogP contribution is 2.21. The van der Waals surface area contributed by atoms with Gasteiger partial charge in [-0.15, -0.1) is 0 Å². The third-order valence-electron chi connectivity index (χ3n) is 3.48. The van der Waals surface area contributed by atoms with Gasteiger partial charge >= 0.3 is 6.03 Å². The Bertz CT molecular complexity index is 578. The number of hydrogen-bond acceptors (Lipinski definition) is 3. The summed E-state index contributed by atoms with van der Waals surface area (Å²) in [5, 5.41) is 5.54. The molecule has 2 amide bonds. The molecular formula is C14H20N2O3S. The molecule has 2 N–H and O–H groups in total. The fraction of sp³-hybridized carbons (Fsp3) is 0.500. The zero-order valence-electron chi connectivity index (χ0n) is 11.6. The van der Waals surface area contributed by atoms with Crippen molar-refractivity contribution in [1.82, 2.24) is 5.32 Å². The minimum Gasteiger partial charge on any atom is -0.335 e. The summed E-state index contributed by atoms with van der Waals surface area (Å²) >= 11 is 0. The highest BCUT2D eigenvalue weighted by molar-refractivity contribution is 7.90. The van der Waals surface area contributed by atoms with Gasteiger partial charge in [0.15, 0.2) is 9.84 Å². The van der Waals surface area contributed by atoms with Crippen LogP contribution in [0.25, 0.3) is 0 Å². The summed E-state index contributed by atoms with van der Waals surface area (Å²) in [7, 11) is -3.35. The Morgan fingerprint density at radius 1 is 1.15 bits per heavy atom. The van der Waals surface area contributed by atoms with Gasteiger partial charge in [-0.2, -0.15) is 0 Å². The fourth-order valence-corrected chi connectivity index (χ4v) is 3.33. The van der Waals surface area contributed by atoms with E-state index < -0.39 is 9.84 Å². The Kier molecular flexibility index (Phi) is 4.65. The first kappa shape index (κ1) is 14.8. The summed E-state index contributed by atoms with van der Waals surface area (Å²) in [6.07, 6.45) is 6.58. The van der Waals surface area contributed by atoms with E-state index in [1.54, 1.807) is 18.2 Å². The Morgan fingerprint density at radius 3 is 2.45 bits per heavy atom. The summed E-state index contributed by atoms with van der Waals surface area (Å²) in [4.78, 5) is 12.1. The van der Waals surface area contributed by atoms with Crippen LogP contribution in [-0.4, -0.2) is 26.7 Å². The largest absolute Gasteiger partial charge is 0.335 e. The molecule has 110 valence electrons. The summed E-state index contributed by atoms with van der Waals surface area (Å²) < 4.78 is 23.3. The monoisotopic (exact) mass is 296 g/mol. The van der Waals surface area contributed by atoms with Gasteiger partial charge in [0.25, 0.3) is 0 Å². The predicted molar refractivity (Wildman–Crippen MR) is 78.6 cm³/mol. The number of urea groups is 1. The van der Waals surface area contributed by atoms with Gasteiger partial charge in [0.2, 0.25) is 0 Å². The molecule has 1 fully saturated rings. The first-order chi connectivity index (χ1) is 9.47. The van der Waals surface area contributed by atoms with Crippen molar-refractivity contribution < 1.29 is 13.2 Å². The van der Waals surface area contributed by atoms with Gasteiger partial charge in [-0.1, -0.05) is 31.4 Å². The zero-order valence-corrected chi connectivity index (χ0v) is 12.4. The third kappa shape index (κ3) is 3.96. The van der Waals surface area contributed by atoms with Gasteiger partial charge in [-0.3, -0.25) is 0 Å². The minimum atomic E-state index is -3.35. The fourth-order valence-electron chi connectivity index (χ4n) is 2.48. The molecule has 5 nitrogen and oxygen atoms in total. The number of para-hydroxylation sites is 1. The molecule has 1 aromatic carbocycles. The van der Waals surface area contributed by atoms with E-state index in [4.69, 9.17) is 0 Å². The predicted octanol–water partition coefficient (Wildman–Crippen LogP) is 2.54. The Hall–Kier alpha value is -1.56. The summed E-state index contributed by atoms with van der Waals surface area (Å²) in [6, 6.07) is 6.27. The van der Waals surface area contributed by atoms with Crippen molar-refractivity contribution in [1.29, 1.82) is 0 Å². The Morgan fingerprint density at radius 2 is 1.80 bits per heavy atom. The average Bonchev–Trinajstić information content (AvgIpc) is 2.39. The molecule has 0 aromatic heterocycles. The molecule has 0 saturated heterocycles. The van der Waals surface area contributed by atoms with Crippen LogP contribution in [-0.2, 0) is 9.84 Å². The van der Waals surface area contributed by atoms with Gasteiger partial charge in [-0.25, -0.2) is 13.2 Å². The highest BCUT2D eigenvalue weighted by atomic mass is 32.2. The number of hydrogen-bond donors (Lipinski definition) is 2. The van der Waals surface area contributed by atoms with E-state index in [-0.39, 0.29) is 17.0 Å². The second-order valence-corrected chi connectivity index (χ2v) is 7.19. The van der Waals surface area contributed by atoms with E-state index in [9.17, 15) is 13.2 Å². The van der Waals surface area contributed by atoms with E-state index >= 15 is 0 Å². The van der Waals surface area contributed by atoms with Crippen molar-refractivity contribution >= 4 is 21.6 Å². The van der Waals surface area contributed by atoms with E-state index in [0.29, 0.717) is 5.69 Å². The van der Waals surface area contributed by atoms with Gasteiger partial charge in [0, 0.05) is 12.3 Å². The summed E-state index contributed by atoms with van der Waals surface area (Å²) in [6.45, 7) is 0. The number of anilines is 1. The molecule has 2 rings (SSSR count). The molecule has 0 spiro atoms. The Labute approximate surface area is 119 Å². The average molecular weight is 296 g/mol. The molecule has 1 aliphatic rings. The first-order valence-electron chi connectivity index (χ1n) is 6.83. The number of sulfone groups is 1. The molecule has 0 aliphatic heterocycles. The Balaban J connectivity index is 2.04. The van der Waals surface area contributed by atoms with E-state index in [2.05, 4.69) is 10.6 Å². The van der Waals surface area contributed by atoms with Crippen molar-refractivity contribution in [2.24, 2.45) is 0 Å². The minimum absolute atomic E-state index is 0.138. The van der Waals surface area contributed by atoms with Crippen molar-refractivity contribution in [3.05, 3.63) is 24.3 Å². The highest BCUT2D eigenvalue weighted by Gasteiger charge is 2.18. The molecule has 0 bridgehead atoms. The van der Waals surface area contributed by atoms with Gasteiger partial charge in [0.1, 0.15) is 0 Å². The van der Waals surface area contributed by atoms with Gasteiger partial charge < -0.3 is 10.6 Å². The molecule has 20 heavy (non-hydrogen) atoms. The summed E-state index contributed by atoms with van der Waals surface area (Å²) in [5.74, 6) is 0. The molecule has 1 aliphatic carbocycles. The van der Waals surface area contributed by atoms with Crippen LogP contribution in [0.4, 0.5) is 10.5 Å². The molecule has 6 heteroatoms. The van der Waals surface area contributed by atoms with Crippen LogP contribution < -0.4 is 10.6 Å². The maximum absolute atomic E-state index is 11.9. The topological polar surface area (TPSA) is 75.3 Å². The standard InChI is InChI=1S/C14H20N2O3S/c1-20(18,19)13-10-6-5-9-12(13)16-14(17)15-11-7-3-2-4-8-11/h5-6,9-11H,2-4,7-8H2,1H3,(H2,15,16,17). The van der Waals surface area contributed by atoms with Crippen molar-refractivity contribution in [3.63, 3.8) is 0 Å². The normalized spacial score (nSPS) is 16.6. The van der Waals surface area contributed by atoms with E-state index in [1.807, 2.05) is 0 Å². The molecular weight excluding hydrogens is 276 g/mol. The van der Waals surface area contributed by atoms with Crippen LogP contribution in [0.15, 0.2) is 29.2 Å². The molecule has 1 saturated carbocycles. The lowest BCUT2D eigenvalue weighted by atomic mass is 9.96. The maximum atomic E-state index is 11.9. The lowest BCUT2D eigenvalue weighted by Crippen LogP contribution is -2.39. The smallest absolute Gasteiger partial charge is 0.319 e. The molecule has 0 atom stereocenters. The summed E-state index contributed by atoms with van der Waals surface area (Å²) in [5.41, 5.74) is 0.323. The van der Waals surface area contributed by atoms with Crippen molar-refractivity contribution in [2.45, 2.75) is 43.0 Å². The number of carbonyl (C=O) groups excluding carboxylic acids is 1. The van der Waals surface area contributed by atoms with E-state index in [1.165, 1.54) is 12.5 Å². The number of benzene rings is 1. The molecule has 1 aromatic rings. The maximum Gasteiger partial charge on any atom is 0.319 e. The third-order valence-corrected chi connectivity index (χ3v) is 4.63. The molecule has 0 heterocycles. The molecule has 0 radical (unpaired) electrons. The van der Waals surface area contributed by atoms with Crippen LogP contribution in [0.3, 0.4) is 0 Å². The van der Waals surface area contributed by atoms with Crippen LogP contribution in [0, 0.1) is 0 Å². The quantitative estimate of drug-likeness (QED) is 0.900. The van der Waals surface area contributed by atoms with Crippen LogP contribution in [0.2, 0.25) is 0 Å². The second-order valence-electron chi connectivity index (χ2n) is 5.20. The number of nitrogens with one attached hydrogen (secondary N) is 2. The first-order valence-corrected chi connectivity index (χ1v) is 8.72. The van der Waals surface area contributed by atoms with E-state index in [0.717, 1.165) is 31.9 Å². The van der Waals surface area contributed by atoms with Crippen LogP contribution >= 0.6 is 0 Å². The lowest BCUT2D eigenvalue weighted by Gasteiger charge is -2.23. The SMILES string of the molecule is CS(=O)(=O)c1ccccc1NC(=O)NC1CCCCC1. The van der Waals surface area contributed by atoms with Crippen LogP contribution in [0.1, 0.15) is 32.1 Å². The number of amides is 2. The number of carbonyl (C=O) groups is 1. The van der Waals surface area contributed by atoms with Gasteiger partial charge in [-0.05, 0) is 25.0 Å². The van der Waals surface area contributed by atoms with Crippen molar-refractivity contribution in [2.75, 3.05) is 11.6 Å². The van der Waals surface area contributed by atoms with Crippen molar-refractivity contribution in [3.8, 4) is 0 Å².